The van der Waals surface area contributed by atoms with Crippen molar-refractivity contribution < 1.29 is 19.1 Å². The molecule has 6 heteroatoms. The summed E-state index contributed by atoms with van der Waals surface area (Å²) < 4.78 is 4.64. The van der Waals surface area contributed by atoms with Gasteiger partial charge in [-0.25, -0.2) is 0 Å². The molecule has 2 aromatic carbocycles. The van der Waals surface area contributed by atoms with E-state index in [1.54, 1.807) is 48.5 Å². The summed E-state index contributed by atoms with van der Waals surface area (Å²) in [6.45, 7) is 3.55. The molecule has 0 spiro atoms. The summed E-state index contributed by atoms with van der Waals surface area (Å²) in [6, 6.07) is 15.3. The normalized spacial score (nSPS) is 10.3. The van der Waals surface area contributed by atoms with Crippen molar-refractivity contribution in [3.63, 3.8) is 0 Å². The molecule has 0 saturated carbocycles. The second-order valence-corrected chi connectivity index (χ2v) is 6.00. The van der Waals surface area contributed by atoms with Crippen molar-refractivity contribution >= 4 is 23.5 Å². The third kappa shape index (κ3) is 4.92. The van der Waals surface area contributed by atoms with E-state index in [1.807, 2.05) is 19.9 Å². The molecule has 0 aliphatic carbocycles. The predicted octanol–water partition coefficient (Wildman–Crippen LogP) is 2.96. The number of methoxy groups -OCH3 is 1. The highest BCUT2D eigenvalue weighted by Gasteiger charge is 2.22. The minimum absolute atomic E-state index is 0.112. The molecule has 0 fully saturated rings. The van der Waals surface area contributed by atoms with Crippen LogP contribution in [0.25, 0.3) is 0 Å². The molecule has 0 aliphatic rings. The van der Waals surface area contributed by atoms with Crippen LogP contribution in [0.1, 0.15) is 34.6 Å². The van der Waals surface area contributed by atoms with E-state index in [9.17, 15) is 14.4 Å². The molecular formula is C20H22N2O4. The van der Waals surface area contributed by atoms with Gasteiger partial charge in [-0.2, -0.15) is 0 Å². The molecule has 0 aromatic heterocycles. The second kappa shape index (κ2) is 8.80. The number of carbonyl (C=O) groups is 3. The number of amides is 2. The summed E-state index contributed by atoms with van der Waals surface area (Å²) >= 11 is 0. The van der Waals surface area contributed by atoms with Gasteiger partial charge >= 0.3 is 5.97 Å². The molecule has 0 saturated heterocycles. The van der Waals surface area contributed by atoms with Crippen molar-refractivity contribution in [3.8, 4) is 0 Å². The quantitative estimate of drug-likeness (QED) is 0.809. The Bertz CT molecular complexity index is 770. The molecule has 0 atom stereocenters. The number of anilines is 1. The van der Waals surface area contributed by atoms with Gasteiger partial charge in [-0.15, -0.1) is 0 Å². The maximum Gasteiger partial charge on any atom is 0.325 e. The summed E-state index contributed by atoms with van der Waals surface area (Å²) in [6.07, 6.45) is 0. The highest BCUT2D eigenvalue weighted by Crippen LogP contribution is 2.14. The van der Waals surface area contributed by atoms with Gasteiger partial charge < -0.3 is 15.0 Å². The van der Waals surface area contributed by atoms with Crippen LogP contribution in [0.4, 0.5) is 5.69 Å². The van der Waals surface area contributed by atoms with Crippen molar-refractivity contribution in [2.24, 2.45) is 0 Å². The van der Waals surface area contributed by atoms with Gasteiger partial charge in [0.05, 0.1) is 7.11 Å². The molecular weight excluding hydrogens is 332 g/mol. The SMILES string of the molecule is COC(=O)CN(C(=O)c1ccc(NC(=O)c2ccccc2)cc1)C(C)C. The fraction of sp³-hybridized carbons (Fsp3) is 0.250. The van der Waals surface area contributed by atoms with Crippen LogP contribution >= 0.6 is 0 Å². The molecule has 1 N–H and O–H groups in total. The maximum absolute atomic E-state index is 12.6. The molecule has 6 nitrogen and oxygen atoms in total. The first kappa shape index (κ1) is 19.2. The predicted molar refractivity (Wildman–Crippen MR) is 99.0 cm³/mol. The highest BCUT2D eigenvalue weighted by molar-refractivity contribution is 6.04. The molecule has 136 valence electrons. The van der Waals surface area contributed by atoms with Gasteiger partial charge in [0.1, 0.15) is 6.54 Å². The first-order valence-electron chi connectivity index (χ1n) is 8.26. The van der Waals surface area contributed by atoms with Crippen LogP contribution in [-0.4, -0.2) is 42.4 Å². The number of benzene rings is 2. The number of ether oxygens (including phenoxy) is 1. The molecule has 0 radical (unpaired) electrons. The summed E-state index contributed by atoms with van der Waals surface area (Å²) in [4.78, 5) is 37.7. The second-order valence-electron chi connectivity index (χ2n) is 6.00. The molecule has 2 amide bonds. The molecule has 0 bridgehead atoms. The van der Waals surface area contributed by atoms with E-state index in [-0.39, 0.29) is 24.4 Å². The summed E-state index contributed by atoms with van der Waals surface area (Å²) in [5.74, 6) is -0.968. The number of hydrogen-bond donors (Lipinski definition) is 1. The lowest BCUT2D eigenvalue weighted by atomic mass is 10.1. The van der Waals surface area contributed by atoms with Gasteiger partial charge in [0, 0.05) is 22.9 Å². The summed E-state index contributed by atoms with van der Waals surface area (Å²) in [7, 11) is 1.29. The third-order valence-corrected chi connectivity index (χ3v) is 3.84. The van der Waals surface area contributed by atoms with Crippen LogP contribution < -0.4 is 5.32 Å². The first-order chi connectivity index (χ1) is 12.4. The minimum Gasteiger partial charge on any atom is -0.468 e. The van der Waals surface area contributed by atoms with Crippen molar-refractivity contribution in [2.75, 3.05) is 19.0 Å². The van der Waals surface area contributed by atoms with Crippen LogP contribution in [0.15, 0.2) is 54.6 Å². The zero-order valence-electron chi connectivity index (χ0n) is 15.1. The Hall–Kier alpha value is -3.15. The van der Waals surface area contributed by atoms with E-state index in [0.29, 0.717) is 16.8 Å². The van der Waals surface area contributed by atoms with Crippen LogP contribution in [-0.2, 0) is 9.53 Å². The Morgan fingerprint density at radius 3 is 2.12 bits per heavy atom. The summed E-state index contributed by atoms with van der Waals surface area (Å²) in [5.41, 5.74) is 1.57. The van der Waals surface area contributed by atoms with Crippen molar-refractivity contribution in [2.45, 2.75) is 19.9 Å². The fourth-order valence-electron chi connectivity index (χ4n) is 2.35. The smallest absolute Gasteiger partial charge is 0.325 e. The fourth-order valence-corrected chi connectivity index (χ4v) is 2.35. The maximum atomic E-state index is 12.6. The standard InChI is InChI=1S/C20H22N2O4/c1-14(2)22(13-18(23)26-3)20(25)16-9-11-17(12-10-16)21-19(24)15-7-5-4-6-8-15/h4-12,14H,13H2,1-3H3,(H,21,24). The number of rotatable bonds is 6. The molecule has 0 unspecified atom stereocenters. The van der Waals surface area contributed by atoms with Gasteiger partial charge in [0.15, 0.2) is 0 Å². The number of carbonyl (C=O) groups excluding carboxylic acids is 3. The van der Waals surface area contributed by atoms with Crippen LogP contribution in [0.3, 0.4) is 0 Å². The Kier molecular flexibility index (Phi) is 6.49. The lowest BCUT2D eigenvalue weighted by Crippen LogP contribution is -2.41. The van der Waals surface area contributed by atoms with E-state index < -0.39 is 5.97 Å². The van der Waals surface area contributed by atoms with E-state index in [4.69, 9.17) is 0 Å². The Morgan fingerprint density at radius 2 is 1.58 bits per heavy atom. The van der Waals surface area contributed by atoms with Crippen molar-refractivity contribution in [1.29, 1.82) is 0 Å². The average molecular weight is 354 g/mol. The number of esters is 1. The Balaban J connectivity index is 2.09. The van der Waals surface area contributed by atoms with Crippen molar-refractivity contribution in [3.05, 3.63) is 65.7 Å². The Labute approximate surface area is 152 Å². The van der Waals surface area contributed by atoms with Crippen LogP contribution in [0.5, 0.6) is 0 Å². The molecule has 2 aromatic rings. The van der Waals surface area contributed by atoms with Crippen LogP contribution in [0, 0.1) is 0 Å². The van der Waals surface area contributed by atoms with Gasteiger partial charge in [0.2, 0.25) is 0 Å². The zero-order chi connectivity index (χ0) is 19.1. The van der Waals surface area contributed by atoms with Gasteiger partial charge in [-0.05, 0) is 50.2 Å². The average Bonchev–Trinajstić information content (AvgIpc) is 2.66. The number of hydrogen-bond acceptors (Lipinski definition) is 4. The van der Waals surface area contributed by atoms with E-state index >= 15 is 0 Å². The van der Waals surface area contributed by atoms with Crippen molar-refractivity contribution in [1.82, 2.24) is 4.90 Å². The third-order valence-electron chi connectivity index (χ3n) is 3.84. The van der Waals surface area contributed by atoms with Gasteiger partial charge in [0.25, 0.3) is 11.8 Å². The number of nitrogens with one attached hydrogen (secondary N) is 1. The first-order valence-corrected chi connectivity index (χ1v) is 8.26. The zero-order valence-corrected chi connectivity index (χ0v) is 15.1. The highest BCUT2D eigenvalue weighted by atomic mass is 16.5. The molecule has 26 heavy (non-hydrogen) atoms. The minimum atomic E-state index is -0.473. The molecule has 0 aliphatic heterocycles. The lowest BCUT2D eigenvalue weighted by molar-refractivity contribution is -0.141. The summed E-state index contributed by atoms with van der Waals surface area (Å²) in [5, 5.41) is 2.78. The Morgan fingerprint density at radius 1 is 0.962 bits per heavy atom. The number of nitrogens with zero attached hydrogens (tertiary/aromatic N) is 1. The van der Waals surface area contributed by atoms with Gasteiger partial charge in [-0.3, -0.25) is 14.4 Å². The largest absolute Gasteiger partial charge is 0.468 e. The van der Waals surface area contributed by atoms with E-state index in [1.165, 1.54) is 12.0 Å². The van der Waals surface area contributed by atoms with Crippen LogP contribution in [0.2, 0.25) is 0 Å². The molecule has 2 rings (SSSR count). The molecule has 0 heterocycles. The van der Waals surface area contributed by atoms with E-state index in [0.717, 1.165) is 0 Å². The topological polar surface area (TPSA) is 75.7 Å². The van der Waals surface area contributed by atoms with E-state index in [2.05, 4.69) is 10.1 Å². The monoisotopic (exact) mass is 354 g/mol. The lowest BCUT2D eigenvalue weighted by Gasteiger charge is -2.25. The van der Waals surface area contributed by atoms with Gasteiger partial charge in [-0.1, -0.05) is 18.2 Å².